The number of carbonyl (C=O) groups is 1. The van der Waals surface area contributed by atoms with Crippen molar-refractivity contribution in [3.05, 3.63) is 101 Å². The van der Waals surface area contributed by atoms with E-state index in [9.17, 15) is 4.79 Å². The summed E-state index contributed by atoms with van der Waals surface area (Å²) in [5.74, 6) is 0.811. The van der Waals surface area contributed by atoms with E-state index in [2.05, 4.69) is 60.4 Å². The SMILES string of the molecule is COc1ccccc1C1=NN(C(=O)CN2CCc3ccccc3C2)[C@@H](c2ccc(C)cc2)C1. The zero-order chi connectivity index (χ0) is 22.8. The van der Waals surface area contributed by atoms with Gasteiger partial charge in [0.05, 0.1) is 25.4 Å². The molecule has 168 valence electrons. The van der Waals surface area contributed by atoms with E-state index in [1.165, 1.54) is 16.7 Å². The van der Waals surface area contributed by atoms with Gasteiger partial charge in [0.15, 0.2) is 0 Å². The molecular weight excluding hydrogens is 410 g/mol. The van der Waals surface area contributed by atoms with Crippen LogP contribution in [-0.4, -0.2) is 41.7 Å². The summed E-state index contributed by atoms with van der Waals surface area (Å²) in [6.07, 6.45) is 1.64. The average molecular weight is 440 g/mol. The smallest absolute Gasteiger partial charge is 0.257 e. The highest BCUT2D eigenvalue weighted by Gasteiger charge is 2.34. The molecule has 3 aromatic carbocycles. The molecule has 2 aliphatic rings. The van der Waals surface area contributed by atoms with Crippen LogP contribution in [0.3, 0.4) is 0 Å². The van der Waals surface area contributed by atoms with Crippen molar-refractivity contribution in [2.45, 2.75) is 32.4 Å². The molecule has 0 unspecified atom stereocenters. The number of ether oxygens (including phenoxy) is 1. The molecule has 0 aromatic heterocycles. The number of carbonyl (C=O) groups excluding carboxylic acids is 1. The number of nitrogens with zero attached hydrogens (tertiary/aromatic N) is 3. The molecule has 0 saturated carbocycles. The van der Waals surface area contributed by atoms with Crippen LogP contribution in [0, 0.1) is 6.92 Å². The number of methoxy groups -OCH3 is 1. The number of fused-ring (bicyclic) bond motifs is 1. The summed E-state index contributed by atoms with van der Waals surface area (Å²) in [7, 11) is 1.67. The van der Waals surface area contributed by atoms with Gasteiger partial charge in [-0.05, 0) is 42.2 Å². The van der Waals surface area contributed by atoms with Gasteiger partial charge < -0.3 is 4.74 Å². The highest BCUT2D eigenvalue weighted by atomic mass is 16.5. The molecule has 2 heterocycles. The van der Waals surface area contributed by atoms with Crippen molar-refractivity contribution < 1.29 is 9.53 Å². The summed E-state index contributed by atoms with van der Waals surface area (Å²) < 4.78 is 5.57. The third-order valence-electron chi connectivity index (χ3n) is 6.61. The van der Waals surface area contributed by atoms with Gasteiger partial charge in [0, 0.05) is 25.1 Å². The van der Waals surface area contributed by atoms with Crippen molar-refractivity contribution in [3.63, 3.8) is 0 Å². The quantitative estimate of drug-likeness (QED) is 0.577. The van der Waals surface area contributed by atoms with Crippen LogP contribution >= 0.6 is 0 Å². The molecule has 0 N–H and O–H groups in total. The monoisotopic (exact) mass is 439 g/mol. The maximum atomic E-state index is 13.6. The predicted octanol–water partition coefficient (Wildman–Crippen LogP) is 4.74. The predicted molar refractivity (Wildman–Crippen MR) is 130 cm³/mol. The van der Waals surface area contributed by atoms with Crippen LogP contribution in [0.4, 0.5) is 0 Å². The molecule has 5 heteroatoms. The minimum atomic E-state index is -0.116. The highest BCUT2D eigenvalue weighted by Crippen LogP contribution is 2.35. The van der Waals surface area contributed by atoms with Gasteiger partial charge in [0.2, 0.25) is 0 Å². The number of aryl methyl sites for hydroxylation is 1. The van der Waals surface area contributed by atoms with Gasteiger partial charge in [-0.1, -0.05) is 66.2 Å². The number of rotatable bonds is 5. The number of hydrogen-bond donors (Lipinski definition) is 0. The molecule has 1 atom stereocenters. The van der Waals surface area contributed by atoms with E-state index in [0.717, 1.165) is 42.1 Å². The average Bonchev–Trinajstić information content (AvgIpc) is 3.30. The van der Waals surface area contributed by atoms with Gasteiger partial charge in [0.25, 0.3) is 5.91 Å². The molecule has 3 aromatic rings. The maximum absolute atomic E-state index is 13.6. The lowest BCUT2D eigenvalue weighted by molar-refractivity contribution is -0.134. The van der Waals surface area contributed by atoms with Crippen molar-refractivity contribution >= 4 is 11.6 Å². The Hall–Kier alpha value is -3.44. The van der Waals surface area contributed by atoms with E-state index in [4.69, 9.17) is 9.84 Å². The molecule has 2 aliphatic heterocycles. The number of para-hydroxylation sites is 1. The molecule has 0 radical (unpaired) electrons. The summed E-state index contributed by atoms with van der Waals surface area (Å²) in [6.45, 7) is 4.12. The Morgan fingerprint density at radius 2 is 1.73 bits per heavy atom. The van der Waals surface area contributed by atoms with Gasteiger partial charge in [-0.2, -0.15) is 5.10 Å². The first-order valence-electron chi connectivity index (χ1n) is 11.5. The summed E-state index contributed by atoms with van der Waals surface area (Å²) in [4.78, 5) is 15.8. The number of amides is 1. The number of benzene rings is 3. The van der Waals surface area contributed by atoms with Crippen LogP contribution in [0.5, 0.6) is 5.75 Å². The minimum Gasteiger partial charge on any atom is -0.496 e. The molecule has 0 spiro atoms. The van der Waals surface area contributed by atoms with Crippen molar-refractivity contribution in [1.29, 1.82) is 0 Å². The molecule has 0 aliphatic carbocycles. The standard InChI is InChI=1S/C28H29N3O2/c1-20-11-13-22(14-12-20)26-17-25(24-9-5-6-10-27(24)33-2)29-31(26)28(32)19-30-16-15-21-7-3-4-8-23(21)18-30/h3-14,26H,15-19H2,1-2H3/t26-/m1/s1. The third-order valence-corrected chi connectivity index (χ3v) is 6.61. The second kappa shape index (κ2) is 9.20. The van der Waals surface area contributed by atoms with Crippen LogP contribution in [-0.2, 0) is 17.8 Å². The van der Waals surface area contributed by atoms with E-state index >= 15 is 0 Å². The van der Waals surface area contributed by atoms with E-state index in [1.54, 1.807) is 12.1 Å². The van der Waals surface area contributed by atoms with Crippen LogP contribution in [0.15, 0.2) is 77.9 Å². The Kier molecular flexibility index (Phi) is 5.97. The first-order chi connectivity index (χ1) is 16.1. The first kappa shape index (κ1) is 21.4. The summed E-state index contributed by atoms with van der Waals surface area (Å²) in [5.41, 5.74) is 6.83. The second-order valence-corrected chi connectivity index (χ2v) is 8.85. The zero-order valence-electron chi connectivity index (χ0n) is 19.2. The first-order valence-corrected chi connectivity index (χ1v) is 11.5. The van der Waals surface area contributed by atoms with Crippen molar-refractivity contribution in [1.82, 2.24) is 9.91 Å². The van der Waals surface area contributed by atoms with Crippen molar-refractivity contribution in [2.75, 3.05) is 20.2 Å². The molecule has 0 fully saturated rings. The summed E-state index contributed by atoms with van der Waals surface area (Å²) in [5, 5.41) is 6.55. The lowest BCUT2D eigenvalue weighted by Crippen LogP contribution is -2.40. The van der Waals surface area contributed by atoms with E-state index in [0.29, 0.717) is 13.0 Å². The Morgan fingerprint density at radius 1 is 1.00 bits per heavy atom. The lowest BCUT2D eigenvalue weighted by Gasteiger charge is -2.30. The molecule has 1 amide bonds. The van der Waals surface area contributed by atoms with Gasteiger partial charge in [-0.15, -0.1) is 0 Å². The lowest BCUT2D eigenvalue weighted by atomic mass is 9.97. The van der Waals surface area contributed by atoms with Crippen LogP contribution in [0.2, 0.25) is 0 Å². The normalized spacial score (nSPS) is 18.1. The Balaban J connectivity index is 1.42. The maximum Gasteiger partial charge on any atom is 0.257 e. The number of hydrazone groups is 1. The molecule has 33 heavy (non-hydrogen) atoms. The van der Waals surface area contributed by atoms with E-state index in [-0.39, 0.29) is 11.9 Å². The molecule has 5 nitrogen and oxygen atoms in total. The summed E-state index contributed by atoms with van der Waals surface area (Å²) in [6, 6.07) is 24.7. The Labute approximate surface area is 195 Å². The Morgan fingerprint density at radius 3 is 2.52 bits per heavy atom. The molecule has 0 saturated heterocycles. The minimum absolute atomic E-state index is 0.0323. The van der Waals surface area contributed by atoms with Gasteiger partial charge in [-0.3, -0.25) is 9.69 Å². The molecule has 5 rings (SSSR count). The largest absolute Gasteiger partial charge is 0.496 e. The topological polar surface area (TPSA) is 45.1 Å². The fraction of sp³-hybridized carbons (Fsp3) is 0.286. The van der Waals surface area contributed by atoms with Gasteiger partial charge >= 0.3 is 0 Å². The van der Waals surface area contributed by atoms with Gasteiger partial charge in [0.1, 0.15) is 5.75 Å². The van der Waals surface area contributed by atoms with Crippen molar-refractivity contribution in [3.8, 4) is 5.75 Å². The molecule has 0 bridgehead atoms. The second-order valence-electron chi connectivity index (χ2n) is 8.85. The Bertz CT molecular complexity index is 1190. The van der Waals surface area contributed by atoms with Crippen molar-refractivity contribution in [2.24, 2.45) is 5.10 Å². The third kappa shape index (κ3) is 4.41. The van der Waals surface area contributed by atoms with E-state index in [1.807, 2.05) is 24.3 Å². The summed E-state index contributed by atoms with van der Waals surface area (Å²) >= 11 is 0. The highest BCUT2D eigenvalue weighted by molar-refractivity contribution is 6.05. The van der Waals surface area contributed by atoms with Crippen LogP contribution < -0.4 is 4.74 Å². The van der Waals surface area contributed by atoms with Gasteiger partial charge in [-0.25, -0.2) is 5.01 Å². The zero-order valence-corrected chi connectivity index (χ0v) is 19.2. The van der Waals surface area contributed by atoms with Crippen LogP contribution in [0.25, 0.3) is 0 Å². The van der Waals surface area contributed by atoms with E-state index < -0.39 is 0 Å². The molecular formula is C28H29N3O2. The fourth-order valence-corrected chi connectivity index (χ4v) is 4.79. The van der Waals surface area contributed by atoms with Crippen LogP contribution in [0.1, 0.15) is 40.3 Å². The number of hydrogen-bond acceptors (Lipinski definition) is 4. The fourth-order valence-electron chi connectivity index (χ4n) is 4.79.